The first kappa shape index (κ1) is 13.3. The molecule has 0 aliphatic carbocycles. The van der Waals surface area contributed by atoms with Gasteiger partial charge in [-0.15, -0.1) is 0 Å². The van der Waals surface area contributed by atoms with Crippen LogP contribution in [0.5, 0.6) is 0 Å². The molecule has 0 unspecified atom stereocenters. The lowest BCUT2D eigenvalue weighted by Gasteiger charge is -2.36. The van der Waals surface area contributed by atoms with Gasteiger partial charge in [-0.3, -0.25) is 19.7 Å². The second-order valence-corrected chi connectivity index (χ2v) is 4.76. The second kappa shape index (κ2) is 4.87. The quantitative estimate of drug-likeness (QED) is 0.571. The number of carbonyl (C=O) groups excluding carboxylic acids is 3. The molecule has 2 heterocycles. The van der Waals surface area contributed by atoms with E-state index in [9.17, 15) is 19.2 Å². The maximum atomic E-state index is 11.7. The van der Waals surface area contributed by atoms with Crippen molar-refractivity contribution < 1.29 is 24.3 Å². The molecule has 0 aromatic rings. The highest BCUT2D eigenvalue weighted by Crippen LogP contribution is 2.25. The molecule has 104 valence electrons. The van der Waals surface area contributed by atoms with E-state index < -0.39 is 17.5 Å². The fraction of sp³-hybridized carbons (Fsp3) is 0.636. The van der Waals surface area contributed by atoms with Crippen molar-refractivity contribution >= 4 is 23.8 Å². The van der Waals surface area contributed by atoms with E-state index in [0.717, 1.165) is 0 Å². The number of amides is 4. The summed E-state index contributed by atoms with van der Waals surface area (Å²) in [5.41, 5.74) is -0.902. The highest BCUT2D eigenvalue weighted by Gasteiger charge is 2.48. The molecule has 2 rings (SSSR count). The summed E-state index contributed by atoms with van der Waals surface area (Å²) in [5.74, 6) is -1.60. The third kappa shape index (κ3) is 2.67. The third-order valence-corrected chi connectivity index (χ3v) is 3.54. The number of nitrogens with zero attached hydrogens (tertiary/aromatic N) is 1. The molecule has 2 aliphatic heterocycles. The van der Waals surface area contributed by atoms with Gasteiger partial charge in [0.05, 0.1) is 6.42 Å². The van der Waals surface area contributed by atoms with Crippen LogP contribution in [0.15, 0.2) is 0 Å². The number of rotatable bonds is 3. The Morgan fingerprint density at radius 3 is 2.32 bits per heavy atom. The van der Waals surface area contributed by atoms with E-state index >= 15 is 0 Å². The number of likely N-dealkylation sites (tertiary alicyclic amines) is 1. The smallest absolute Gasteiger partial charge is 0.322 e. The molecule has 8 heteroatoms. The van der Waals surface area contributed by atoms with Crippen LogP contribution in [0.1, 0.15) is 25.7 Å². The van der Waals surface area contributed by atoms with Gasteiger partial charge in [-0.05, 0) is 12.8 Å². The van der Waals surface area contributed by atoms with Crippen molar-refractivity contribution in [3.63, 3.8) is 0 Å². The van der Waals surface area contributed by atoms with Crippen molar-refractivity contribution in [3.8, 4) is 0 Å². The number of urea groups is 1. The molecule has 0 radical (unpaired) electrons. The first-order valence-corrected chi connectivity index (χ1v) is 6.06. The molecule has 2 fully saturated rings. The van der Waals surface area contributed by atoms with E-state index in [1.165, 1.54) is 4.90 Å². The van der Waals surface area contributed by atoms with E-state index in [-0.39, 0.29) is 24.7 Å². The topological polar surface area (TPSA) is 116 Å². The summed E-state index contributed by atoms with van der Waals surface area (Å²) in [5, 5.41) is 13.3. The minimum Gasteiger partial charge on any atom is -0.481 e. The number of hydrogen-bond donors (Lipinski definition) is 3. The summed E-state index contributed by atoms with van der Waals surface area (Å²) in [6.07, 6.45) is 0.464. The highest BCUT2D eigenvalue weighted by molar-refractivity contribution is 6.07. The molecule has 3 N–H and O–H groups in total. The first-order valence-electron chi connectivity index (χ1n) is 6.06. The average Bonchev–Trinajstić information content (AvgIpc) is 2.62. The van der Waals surface area contributed by atoms with Crippen LogP contribution in [0, 0.1) is 0 Å². The van der Waals surface area contributed by atoms with Gasteiger partial charge in [-0.2, -0.15) is 0 Å². The predicted octanol–water partition coefficient (Wildman–Crippen LogP) is -0.948. The molecule has 0 aromatic carbocycles. The molecule has 4 amide bonds. The molecule has 0 bridgehead atoms. The fourth-order valence-electron chi connectivity index (χ4n) is 2.39. The third-order valence-electron chi connectivity index (χ3n) is 3.54. The Hall–Kier alpha value is -2.12. The van der Waals surface area contributed by atoms with Crippen LogP contribution in [-0.2, 0) is 14.4 Å². The summed E-state index contributed by atoms with van der Waals surface area (Å²) in [6, 6.07) is -0.504. The van der Waals surface area contributed by atoms with Crippen LogP contribution < -0.4 is 10.6 Å². The lowest BCUT2D eigenvalue weighted by atomic mass is 9.87. The zero-order valence-electron chi connectivity index (χ0n) is 10.3. The van der Waals surface area contributed by atoms with E-state index in [0.29, 0.717) is 25.9 Å². The lowest BCUT2D eigenvalue weighted by Crippen LogP contribution is -2.55. The first-order chi connectivity index (χ1) is 8.93. The molecular formula is C11H15N3O5. The summed E-state index contributed by atoms with van der Waals surface area (Å²) >= 11 is 0. The molecule has 0 aromatic heterocycles. The van der Waals surface area contributed by atoms with Crippen LogP contribution >= 0.6 is 0 Å². The number of piperidine rings is 1. The number of hydrogen-bond acceptors (Lipinski definition) is 4. The van der Waals surface area contributed by atoms with Crippen LogP contribution in [0.2, 0.25) is 0 Å². The Balaban J connectivity index is 1.89. The molecule has 8 nitrogen and oxygen atoms in total. The Labute approximate surface area is 109 Å². The molecule has 0 atom stereocenters. The van der Waals surface area contributed by atoms with Crippen LogP contribution in [0.25, 0.3) is 0 Å². The summed E-state index contributed by atoms with van der Waals surface area (Å²) in [7, 11) is 0. The largest absolute Gasteiger partial charge is 0.481 e. The van der Waals surface area contributed by atoms with E-state index in [1.807, 2.05) is 0 Å². The second-order valence-electron chi connectivity index (χ2n) is 4.76. The number of aliphatic carboxylic acids is 1. The average molecular weight is 269 g/mol. The normalized spacial score (nSPS) is 21.2. The molecule has 2 saturated heterocycles. The summed E-state index contributed by atoms with van der Waals surface area (Å²) < 4.78 is 0. The zero-order chi connectivity index (χ0) is 14.0. The van der Waals surface area contributed by atoms with Gasteiger partial charge in [0.15, 0.2) is 0 Å². The van der Waals surface area contributed by atoms with Gasteiger partial charge in [0.25, 0.3) is 5.91 Å². The van der Waals surface area contributed by atoms with Crippen LogP contribution in [-0.4, -0.2) is 52.4 Å². The molecule has 0 saturated carbocycles. The lowest BCUT2D eigenvalue weighted by molar-refractivity contribution is -0.141. The van der Waals surface area contributed by atoms with E-state index in [4.69, 9.17) is 5.11 Å². The Morgan fingerprint density at radius 1 is 1.21 bits per heavy atom. The van der Waals surface area contributed by atoms with Gasteiger partial charge in [0.2, 0.25) is 5.91 Å². The van der Waals surface area contributed by atoms with Gasteiger partial charge in [-0.1, -0.05) is 0 Å². The van der Waals surface area contributed by atoms with Crippen LogP contribution in [0.3, 0.4) is 0 Å². The zero-order valence-corrected chi connectivity index (χ0v) is 10.3. The number of imide groups is 1. The Bertz CT molecular complexity index is 440. The van der Waals surface area contributed by atoms with Crippen molar-refractivity contribution in [1.29, 1.82) is 0 Å². The van der Waals surface area contributed by atoms with Crippen molar-refractivity contribution in [2.24, 2.45) is 0 Å². The Kier molecular flexibility index (Phi) is 3.41. The number of carboxylic acid groups (broad SMARTS) is 1. The summed E-state index contributed by atoms with van der Waals surface area (Å²) in [4.78, 5) is 46.5. The van der Waals surface area contributed by atoms with Gasteiger partial charge < -0.3 is 15.3 Å². The fourth-order valence-corrected chi connectivity index (χ4v) is 2.39. The maximum absolute atomic E-state index is 11.7. The van der Waals surface area contributed by atoms with Gasteiger partial charge >= 0.3 is 12.0 Å². The van der Waals surface area contributed by atoms with Crippen molar-refractivity contribution in [2.45, 2.75) is 31.2 Å². The minimum atomic E-state index is -1.01. The molecule has 19 heavy (non-hydrogen) atoms. The summed E-state index contributed by atoms with van der Waals surface area (Å²) in [6.45, 7) is 0.679. The molecular weight excluding hydrogens is 254 g/mol. The van der Waals surface area contributed by atoms with Crippen molar-refractivity contribution in [3.05, 3.63) is 0 Å². The van der Waals surface area contributed by atoms with E-state index in [2.05, 4.69) is 10.6 Å². The van der Waals surface area contributed by atoms with E-state index in [1.54, 1.807) is 0 Å². The van der Waals surface area contributed by atoms with Gasteiger partial charge in [0, 0.05) is 19.5 Å². The number of carboxylic acids is 1. The van der Waals surface area contributed by atoms with Crippen molar-refractivity contribution in [1.82, 2.24) is 15.5 Å². The predicted molar refractivity (Wildman–Crippen MR) is 62.1 cm³/mol. The number of carbonyl (C=O) groups is 4. The minimum absolute atomic E-state index is 0.0408. The maximum Gasteiger partial charge on any atom is 0.322 e. The van der Waals surface area contributed by atoms with Crippen LogP contribution in [0.4, 0.5) is 4.79 Å². The SMILES string of the molecule is O=C(O)CCC(=O)N1CCC2(CC1)NC(=O)NC2=O. The monoisotopic (exact) mass is 269 g/mol. The van der Waals surface area contributed by atoms with Gasteiger partial charge in [-0.25, -0.2) is 4.79 Å². The number of nitrogens with one attached hydrogen (secondary N) is 2. The highest BCUT2D eigenvalue weighted by atomic mass is 16.4. The Morgan fingerprint density at radius 2 is 1.84 bits per heavy atom. The van der Waals surface area contributed by atoms with Crippen molar-refractivity contribution in [2.75, 3.05) is 13.1 Å². The standard InChI is InChI=1S/C11H15N3O5/c15-7(1-2-8(16)17)14-5-3-11(4-6-14)9(18)12-10(19)13-11/h1-6H2,(H,16,17)(H2,12,13,18,19). The van der Waals surface area contributed by atoms with Gasteiger partial charge in [0.1, 0.15) is 5.54 Å². The molecule has 1 spiro atoms. The molecule has 2 aliphatic rings.